The van der Waals surface area contributed by atoms with Gasteiger partial charge in [-0.1, -0.05) is 54.6 Å². The van der Waals surface area contributed by atoms with E-state index in [9.17, 15) is 4.79 Å². The molecule has 0 saturated carbocycles. The third-order valence-corrected chi connectivity index (χ3v) is 5.03. The Labute approximate surface area is 170 Å². The van der Waals surface area contributed by atoms with E-state index in [2.05, 4.69) is 34.6 Å². The number of carbonyl (C=O) groups excluding carboxylic acids is 1. The minimum absolute atomic E-state index is 0.0592. The molecule has 3 aromatic carbocycles. The predicted octanol–water partition coefficient (Wildman–Crippen LogP) is 4.03. The van der Waals surface area contributed by atoms with Crippen LogP contribution in [0.5, 0.6) is 5.75 Å². The first-order chi connectivity index (χ1) is 14.1. The predicted molar refractivity (Wildman–Crippen MR) is 114 cm³/mol. The number of amides is 1. The SMILES string of the molecule is COc1cccc(C(NC(=O)Cc2ccc3ccccc3c2)c2nccn2C)c1. The maximum Gasteiger partial charge on any atom is 0.225 e. The van der Waals surface area contributed by atoms with Crippen LogP contribution in [0.2, 0.25) is 0 Å². The van der Waals surface area contributed by atoms with Gasteiger partial charge in [0.2, 0.25) is 5.91 Å². The molecule has 1 heterocycles. The van der Waals surface area contributed by atoms with Gasteiger partial charge in [0.05, 0.1) is 13.5 Å². The average molecular weight is 385 g/mol. The molecule has 146 valence electrons. The Balaban J connectivity index is 1.59. The maximum absolute atomic E-state index is 12.9. The first-order valence-electron chi connectivity index (χ1n) is 9.52. The van der Waals surface area contributed by atoms with Crippen LogP contribution in [0.15, 0.2) is 79.1 Å². The number of hydrogen-bond donors (Lipinski definition) is 1. The molecule has 0 fully saturated rings. The van der Waals surface area contributed by atoms with Crippen molar-refractivity contribution in [3.63, 3.8) is 0 Å². The smallest absolute Gasteiger partial charge is 0.225 e. The highest BCUT2D eigenvalue weighted by molar-refractivity contribution is 5.85. The fourth-order valence-electron chi connectivity index (χ4n) is 3.52. The van der Waals surface area contributed by atoms with Crippen molar-refractivity contribution in [3.05, 3.63) is 96.1 Å². The van der Waals surface area contributed by atoms with E-state index in [1.165, 1.54) is 5.39 Å². The van der Waals surface area contributed by atoms with Crippen LogP contribution in [0, 0.1) is 0 Å². The van der Waals surface area contributed by atoms with E-state index in [1.807, 2.05) is 60.3 Å². The highest BCUT2D eigenvalue weighted by atomic mass is 16.5. The van der Waals surface area contributed by atoms with Gasteiger partial charge in [-0.3, -0.25) is 4.79 Å². The molecule has 0 saturated heterocycles. The molecule has 4 rings (SSSR count). The number of nitrogens with zero attached hydrogens (tertiary/aromatic N) is 2. The van der Waals surface area contributed by atoms with Crippen molar-refractivity contribution >= 4 is 16.7 Å². The Bertz CT molecular complexity index is 1150. The van der Waals surface area contributed by atoms with Crippen molar-refractivity contribution < 1.29 is 9.53 Å². The van der Waals surface area contributed by atoms with Gasteiger partial charge >= 0.3 is 0 Å². The number of imidazole rings is 1. The molecule has 29 heavy (non-hydrogen) atoms. The van der Waals surface area contributed by atoms with Gasteiger partial charge in [-0.15, -0.1) is 0 Å². The van der Waals surface area contributed by atoms with Crippen LogP contribution in [0.25, 0.3) is 10.8 Å². The van der Waals surface area contributed by atoms with Crippen LogP contribution < -0.4 is 10.1 Å². The Morgan fingerprint density at radius 3 is 2.66 bits per heavy atom. The lowest BCUT2D eigenvalue weighted by Crippen LogP contribution is -2.32. The molecule has 4 aromatic rings. The highest BCUT2D eigenvalue weighted by Crippen LogP contribution is 2.24. The number of benzene rings is 3. The number of rotatable bonds is 6. The van der Waals surface area contributed by atoms with Crippen molar-refractivity contribution in [1.29, 1.82) is 0 Å². The summed E-state index contributed by atoms with van der Waals surface area (Å²) in [6.07, 6.45) is 3.91. The van der Waals surface area contributed by atoms with Gasteiger partial charge in [0.1, 0.15) is 17.6 Å². The molecule has 1 unspecified atom stereocenters. The number of fused-ring (bicyclic) bond motifs is 1. The third kappa shape index (κ3) is 4.14. The molecular formula is C24H23N3O2. The van der Waals surface area contributed by atoms with E-state index >= 15 is 0 Å². The van der Waals surface area contributed by atoms with Crippen LogP contribution in [0.3, 0.4) is 0 Å². The summed E-state index contributed by atoms with van der Waals surface area (Å²) in [6.45, 7) is 0. The van der Waals surface area contributed by atoms with Crippen LogP contribution in [-0.2, 0) is 18.3 Å². The second-order valence-corrected chi connectivity index (χ2v) is 7.03. The monoisotopic (exact) mass is 385 g/mol. The van der Waals surface area contributed by atoms with Crippen molar-refractivity contribution in [1.82, 2.24) is 14.9 Å². The Morgan fingerprint density at radius 1 is 1.07 bits per heavy atom. The minimum Gasteiger partial charge on any atom is -0.497 e. The molecule has 1 atom stereocenters. The van der Waals surface area contributed by atoms with Gasteiger partial charge in [0.15, 0.2) is 0 Å². The first-order valence-corrected chi connectivity index (χ1v) is 9.52. The lowest BCUT2D eigenvalue weighted by atomic mass is 10.0. The summed E-state index contributed by atoms with van der Waals surface area (Å²) in [4.78, 5) is 17.4. The molecule has 5 nitrogen and oxygen atoms in total. The summed E-state index contributed by atoms with van der Waals surface area (Å²) in [5, 5.41) is 5.44. The fraction of sp³-hybridized carbons (Fsp3) is 0.167. The Kier molecular flexibility index (Phi) is 5.29. The minimum atomic E-state index is -0.363. The zero-order valence-electron chi connectivity index (χ0n) is 16.5. The van der Waals surface area contributed by atoms with E-state index in [4.69, 9.17) is 4.74 Å². The molecule has 0 radical (unpaired) electrons. The van der Waals surface area contributed by atoms with Gasteiger partial charge in [-0.2, -0.15) is 0 Å². The average Bonchev–Trinajstić information content (AvgIpc) is 3.17. The normalized spacial score (nSPS) is 11.9. The second kappa shape index (κ2) is 8.19. The second-order valence-electron chi connectivity index (χ2n) is 7.03. The molecular weight excluding hydrogens is 362 g/mol. The van der Waals surface area contributed by atoms with Crippen molar-refractivity contribution in [2.75, 3.05) is 7.11 Å². The number of ether oxygens (including phenoxy) is 1. The highest BCUT2D eigenvalue weighted by Gasteiger charge is 2.21. The summed E-state index contributed by atoms with van der Waals surface area (Å²) in [7, 11) is 3.55. The van der Waals surface area contributed by atoms with Crippen molar-refractivity contribution in [3.8, 4) is 5.75 Å². The summed E-state index contributed by atoms with van der Waals surface area (Å²) in [5.74, 6) is 1.45. The van der Waals surface area contributed by atoms with E-state index in [0.29, 0.717) is 6.42 Å². The topological polar surface area (TPSA) is 56.1 Å². The van der Waals surface area contributed by atoms with Gasteiger partial charge in [-0.05, 0) is 34.0 Å². The van der Waals surface area contributed by atoms with Crippen molar-refractivity contribution in [2.45, 2.75) is 12.5 Å². The maximum atomic E-state index is 12.9. The lowest BCUT2D eigenvalue weighted by Gasteiger charge is -2.20. The largest absolute Gasteiger partial charge is 0.497 e. The molecule has 5 heteroatoms. The molecule has 0 aliphatic heterocycles. The van der Waals surface area contributed by atoms with E-state index < -0.39 is 0 Å². The molecule has 0 aliphatic carbocycles. The number of nitrogens with one attached hydrogen (secondary N) is 1. The van der Waals surface area contributed by atoms with Gasteiger partial charge in [0, 0.05) is 19.4 Å². The van der Waals surface area contributed by atoms with E-state index in [1.54, 1.807) is 13.3 Å². The van der Waals surface area contributed by atoms with Crippen molar-refractivity contribution in [2.24, 2.45) is 7.05 Å². The lowest BCUT2D eigenvalue weighted by molar-refractivity contribution is -0.121. The third-order valence-electron chi connectivity index (χ3n) is 5.03. The summed E-state index contributed by atoms with van der Waals surface area (Å²) >= 11 is 0. The van der Waals surface area contributed by atoms with Gasteiger partial charge in [-0.25, -0.2) is 4.98 Å². The number of aryl methyl sites for hydroxylation is 1. The van der Waals surface area contributed by atoms with Crippen LogP contribution in [0.1, 0.15) is 23.0 Å². The zero-order valence-corrected chi connectivity index (χ0v) is 16.5. The summed E-state index contributed by atoms with van der Waals surface area (Å²) < 4.78 is 7.27. The number of aromatic nitrogens is 2. The van der Waals surface area contributed by atoms with Crippen LogP contribution in [0.4, 0.5) is 0 Å². The Hall–Kier alpha value is -3.60. The number of hydrogen-bond acceptors (Lipinski definition) is 3. The molecule has 0 aliphatic rings. The number of carbonyl (C=O) groups is 1. The summed E-state index contributed by atoms with van der Waals surface area (Å²) in [5.41, 5.74) is 1.90. The van der Waals surface area contributed by atoms with Crippen LogP contribution in [-0.4, -0.2) is 22.6 Å². The standard InChI is InChI=1S/C24H23N3O2/c1-27-13-12-25-24(27)23(20-8-5-9-21(16-20)29-2)26-22(28)15-17-10-11-18-6-3-4-7-19(18)14-17/h3-14,16,23H,15H2,1-2H3,(H,26,28). The first kappa shape index (κ1) is 18.7. The quantitative estimate of drug-likeness (QED) is 0.545. The molecule has 0 bridgehead atoms. The van der Waals surface area contributed by atoms with E-state index in [-0.39, 0.29) is 11.9 Å². The van der Waals surface area contributed by atoms with Crippen LogP contribution >= 0.6 is 0 Å². The molecule has 0 spiro atoms. The molecule has 1 amide bonds. The Morgan fingerprint density at radius 2 is 1.90 bits per heavy atom. The fourth-order valence-corrected chi connectivity index (χ4v) is 3.52. The molecule has 1 N–H and O–H groups in total. The zero-order chi connectivity index (χ0) is 20.2. The number of methoxy groups -OCH3 is 1. The van der Waals surface area contributed by atoms with E-state index in [0.717, 1.165) is 28.1 Å². The summed E-state index contributed by atoms with van der Waals surface area (Å²) in [6, 6.07) is 21.6. The van der Waals surface area contributed by atoms with Gasteiger partial charge < -0.3 is 14.6 Å². The molecule has 1 aromatic heterocycles. The van der Waals surface area contributed by atoms with Gasteiger partial charge in [0.25, 0.3) is 0 Å².